The molecule has 0 spiro atoms. The Morgan fingerprint density at radius 3 is 1.91 bits per heavy atom. The Morgan fingerprint density at radius 2 is 1.39 bits per heavy atom. The van der Waals surface area contributed by atoms with E-state index in [4.69, 9.17) is 11.6 Å². The summed E-state index contributed by atoms with van der Waals surface area (Å²) in [6.45, 7) is 0. The summed E-state index contributed by atoms with van der Waals surface area (Å²) in [4.78, 5) is 6.45. The molecule has 1 aromatic carbocycles. The molecule has 0 N–H and O–H groups in total. The van der Waals surface area contributed by atoms with Gasteiger partial charge < -0.3 is 0 Å². The van der Waals surface area contributed by atoms with Gasteiger partial charge in [0.2, 0.25) is 0 Å². The molecule has 0 saturated heterocycles. The standard InChI is InChI=1S/C13H6ClF7N2/c14-8-3-1-7(2-4-8)9-5-10(23-6-22-9)11(15,16)12(17,18)13(19,20)21/h1-6H. The fourth-order valence-electron chi connectivity index (χ4n) is 1.65. The van der Waals surface area contributed by atoms with Gasteiger partial charge in [-0.05, 0) is 18.2 Å². The van der Waals surface area contributed by atoms with E-state index in [9.17, 15) is 30.7 Å². The van der Waals surface area contributed by atoms with Crippen LogP contribution in [0.2, 0.25) is 5.02 Å². The van der Waals surface area contributed by atoms with Gasteiger partial charge in [-0.3, -0.25) is 0 Å². The van der Waals surface area contributed by atoms with Crippen LogP contribution in [0.1, 0.15) is 5.69 Å². The van der Waals surface area contributed by atoms with E-state index in [0.717, 1.165) is 0 Å². The lowest BCUT2D eigenvalue weighted by atomic mass is 10.0. The molecule has 1 heterocycles. The lowest BCUT2D eigenvalue weighted by Gasteiger charge is -2.27. The second-order valence-electron chi connectivity index (χ2n) is 4.44. The Hall–Kier alpha value is -1.90. The molecule has 2 rings (SSSR count). The second kappa shape index (κ2) is 5.63. The molecular formula is C13H6ClF7N2. The fraction of sp³-hybridized carbons (Fsp3) is 0.231. The number of aromatic nitrogens is 2. The summed E-state index contributed by atoms with van der Waals surface area (Å²) in [5.74, 6) is -11.8. The molecule has 0 aliphatic carbocycles. The van der Waals surface area contributed by atoms with Crippen molar-refractivity contribution in [2.24, 2.45) is 0 Å². The van der Waals surface area contributed by atoms with Crippen LogP contribution in [-0.4, -0.2) is 22.1 Å². The average Bonchev–Trinajstić information content (AvgIpc) is 2.47. The highest BCUT2D eigenvalue weighted by Gasteiger charge is 2.74. The normalized spacial score (nSPS) is 13.2. The van der Waals surface area contributed by atoms with E-state index >= 15 is 0 Å². The van der Waals surface area contributed by atoms with Crippen molar-refractivity contribution < 1.29 is 30.7 Å². The Morgan fingerprint density at radius 1 is 0.826 bits per heavy atom. The summed E-state index contributed by atoms with van der Waals surface area (Å²) in [7, 11) is 0. The van der Waals surface area contributed by atoms with Gasteiger partial charge in [0.05, 0.1) is 5.69 Å². The van der Waals surface area contributed by atoms with E-state index in [-0.39, 0.29) is 11.3 Å². The molecule has 10 heteroatoms. The van der Waals surface area contributed by atoms with Crippen LogP contribution in [0.5, 0.6) is 0 Å². The maximum absolute atomic E-state index is 13.6. The Kier molecular flexibility index (Phi) is 4.27. The van der Waals surface area contributed by atoms with Gasteiger partial charge in [-0.1, -0.05) is 23.7 Å². The molecule has 0 amide bonds. The highest BCUT2D eigenvalue weighted by molar-refractivity contribution is 6.30. The first kappa shape index (κ1) is 17.5. The summed E-state index contributed by atoms with van der Waals surface area (Å²) in [5.41, 5.74) is -1.78. The molecule has 0 atom stereocenters. The molecule has 0 fully saturated rings. The number of benzene rings is 1. The first-order valence-corrected chi connectivity index (χ1v) is 6.25. The van der Waals surface area contributed by atoms with Crippen molar-refractivity contribution in [2.45, 2.75) is 18.0 Å². The number of halogens is 8. The molecule has 1 aromatic heterocycles. The zero-order valence-electron chi connectivity index (χ0n) is 10.9. The Bertz CT molecular complexity index is 698. The lowest BCUT2D eigenvalue weighted by Crippen LogP contribution is -2.50. The summed E-state index contributed by atoms with van der Waals surface area (Å²) in [6, 6.07) is 5.81. The zero-order chi connectivity index (χ0) is 17.5. The van der Waals surface area contributed by atoms with Crippen LogP contribution in [0.25, 0.3) is 11.3 Å². The Labute approximate surface area is 129 Å². The monoisotopic (exact) mass is 358 g/mol. The number of hydrogen-bond donors (Lipinski definition) is 0. The van der Waals surface area contributed by atoms with Gasteiger partial charge >= 0.3 is 18.0 Å². The largest absolute Gasteiger partial charge is 0.460 e. The van der Waals surface area contributed by atoms with Crippen molar-refractivity contribution in [1.82, 2.24) is 9.97 Å². The van der Waals surface area contributed by atoms with E-state index in [1.54, 1.807) is 0 Å². The van der Waals surface area contributed by atoms with Crippen LogP contribution >= 0.6 is 11.6 Å². The summed E-state index contributed by atoms with van der Waals surface area (Å²) in [6.07, 6.45) is -5.94. The minimum Gasteiger partial charge on any atom is -0.236 e. The third-order valence-electron chi connectivity index (χ3n) is 2.88. The highest BCUT2D eigenvalue weighted by atomic mass is 35.5. The average molecular weight is 359 g/mol. The summed E-state index contributed by atoms with van der Waals surface area (Å²) in [5, 5.41) is 0.317. The Balaban J connectivity index is 2.49. The number of nitrogens with zero attached hydrogens (tertiary/aromatic N) is 2. The first-order chi connectivity index (χ1) is 10.5. The second-order valence-corrected chi connectivity index (χ2v) is 4.88. The quantitative estimate of drug-likeness (QED) is 0.715. The van der Waals surface area contributed by atoms with Crippen molar-refractivity contribution in [1.29, 1.82) is 0 Å². The first-order valence-electron chi connectivity index (χ1n) is 5.87. The number of rotatable bonds is 3. The van der Waals surface area contributed by atoms with Gasteiger partial charge in [-0.25, -0.2) is 9.97 Å². The lowest BCUT2D eigenvalue weighted by molar-refractivity contribution is -0.360. The molecule has 0 saturated carbocycles. The van der Waals surface area contributed by atoms with Crippen molar-refractivity contribution in [3.8, 4) is 11.3 Å². The third-order valence-corrected chi connectivity index (χ3v) is 3.13. The fourth-order valence-corrected chi connectivity index (χ4v) is 1.77. The van der Waals surface area contributed by atoms with Gasteiger partial charge in [-0.15, -0.1) is 0 Å². The molecule has 0 aliphatic rings. The van der Waals surface area contributed by atoms with Gasteiger partial charge in [-0.2, -0.15) is 30.7 Å². The molecule has 0 bridgehead atoms. The highest BCUT2D eigenvalue weighted by Crippen LogP contribution is 2.51. The topological polar surface area (TPSA) is 25.8 Å². The van der Waals surface area contributed by atoms with E-state index in [1.165, 1.54) is 24.3 Å². The molecule has 2 nitrogen and oxygen atoms in total. The van der Waals surface area contributed by atoms with Gasteiger partial charge in [0, 0.05) is 10.6 Å². The third kappa shape index (κ3) is 3.10. The summed E-state index contributed by atoms with van der Waals surface area (Å²) < 4.78 is 89.9. The predicted molar refractivity (Wildman–Crippen MR) is 67.4 cm³/mol. The van der Waals surface area contributed by atoms with E-state index in [1.807, 2.05) is 0 Å². The minimum atomic E-state index is -6.43. The van der Waals surface area contributed by atoms with Crippen molar-refractivity contribution >= 4 is 11.6 Å². The summed E-state index contributed by atoms with van der Waals surface area (Å²) >= 11 is 5.64. The maximum Gasteiger partial charge on any atom is 0.460 e. The van der Waals surface area contributed by atoms with Crippen LogP contribution in [0.3, 0.4) is 0 Å². The smallest absolute Gasteiger partial charge is 0.236 e. The van der Waals surface area contributed by atoms with E-state index < -0.39 is 23.7 Å². The van der Waals surface area contributed by atoms with Crippen LogP contribution in [0, 0.1) is 0 Å². The number of alkyl halides is 7. The predicted octanol–water partition coefficient (Wildman–Crippen LogP) is 5.09. The van der Waals surface area contributed by atoms with Crippen molar-refractivity contribution in [2.75, 3.05) is 0 Å². The van der Waals surface area contributed by atoms with Crippen LogP contribution in [0.15, 0.2) is 36.7 Å². The molecule has 124 valence electrons. The molecule has 0 radical (unpaired) electrons. The SMILES string of the molecule is FC(F)(F)C(F)(F)C(F)(F)c1cc(-c2ccc(Cl)cc2)ncn1. The van der Waals surface area contributed by atoms with Crippen LogP contribution < -0.4 is 0 Å². The molecule has 0 aliphatic heterocycles. The minimum absolute atomic E-state index is 0.198. The molecule has 23 heavy (non-hydrogen) atoms. The number of hydrogen-bond acceptors (Lipinski definition) is 2. The van der Waals surface area contributed by atoms with Gasteiger partial charge in [0.25, 0.3) is 0 Å². The maximum atomic E-state index is 13.6. The van der Waals surface area contributed by atoms with Crippen LogP contribution in [-0.2, 0) is 5.92 Å². The molecule has 0 unspecified atom stereocenters. The molecule has 2 aromatic rings. The van der Waals surface area contributed by atoms with Crippen molar-refractivity contribution in [3.63, 3.8) is 0 Å². The van der Waals surface area contributed by atoms with Crippen molar-refractivity contribution in [3.05, 3.63) is 47.4 Å². The van der Waals surface area contributed by atoms with Gasteiger partial charge in [0.1, 0.15) is 12.0 Å². The van der Waals surface area contributed by atoms with Crippen LogP contribution in [0.4, 0.5) is 30.7 Å². The van der Waals surface area contributed by atoms with E-state index in [0.29, 0.717) is 17.4 Å². The van der Waals surface area contributed by atoms with Gasteiger partial charge in [0.15, 0.2) is 0 Å². The zero-order valence-corrected chi connectivity index (χ0v) is 11.6. The van der Waals surface area contributed by atoms with E-state index in [2.05, 4.69) is 9.97 Å². The molecular weight excluding hydrogens is 353 g/mol.